The first kappa shape index (κ1) is 19.7. The molecule has 134 valence electrons. The topological polar surface area (TPSA) is 114 Å². The standard InChI is InChI=1S/C14H21N3O6S/c1-17(24(4,20)21)8-7-15-14(19)16-11-9-10(13(18)23-3)5-6-12(11)22-2/h5-6,9H,7-8H2,1-4H3,(H2,15,16,19). The summed E-state index contributed by atoms with van der Waals surface area (Å²) in [4.78, 5) is 23.4. The largest absolute Gasteiger partial charge is 0.495 e. The lowest BCUT2D eigenvalue weighted by atomic mass is 10.2. The van der Waals surface area contributed by atoms with Crippen LogP contribution in [0.4, 0.5) is 10.5 Å². The van der Waals surface area contributed by atoms with Gasteiger partial charge in [-0.1, -0.05) is 0 Å². The Kier molecular flexibility index (Phi) is 6.98. The number of amides is 2. The van der Waals surface area contributed by atoms with Crippen molar-refractivity contribution >= 4 is 27.7 Å². The molecule has 0 saturated heterocycles. The van der Waals surface area contributed by atoms with Gasteiger partial charge in [0.2, 0.25) is 10.0 Å². The van der Waals surface area contributed by atoms with Crippen molar-refractivity contribution in [1.82, 2.24) is 9.62 Å². The van der Waals surface area contributed by atoms with Gasteiger partial charge in [0.25, 0.3) is 0 Å². The predicted octanol–water partition coefficient (Wildman–Crippen LogP) is 0.495. The lowest BCUT2D eigenvalue weighted by Crippen LogP contribution is -2.37. The minimum absolute atomic E-state index is 0.119. The van der Waals surface area contributed by atoms with Crippen LogP contribution in [0.25, 0.3) is 0 Å². The Morgan fingerprint density at radius 3 is 2.46 bits per heavy atom. The van der Waals surface area contributed by atoms with Crippen molar-refractivity contribution < 1.29 is 27.5 Å². The van der Waals surface area contributed by atoms with Crippen molar-refractivity contribution in [1.29, 1.82) is 0 Å². The number of ether oxygens (including phenoxy) is 2. The number of hydrogen-bond donors (Lipinski definition) is 2. The highest BCUT2D eigenvalue weighted by molar-refractivity contribution is 7.88. The number of hydrogen-bond acceptors (Lipinski definition) is 6. The Balaban J connectivity index is 2.70. The molecule has 0 heterocycles. The molecular weight excluding hydrogens is 338 g/mol. The van der Waals surface area contributed by atoms with E-state index >= 15 is 0 Å². The van der Waals surface area contributed by atoms with Crippen LogP contribution < -0.4 is 15.4 Å². The van der Waals surface area contributed by atoms with Gasteiger partial charge in [0.15, 0.2) is 0 Å². The van der Waals surface area contributed by atoms with Gasteiger partial charge in [-0.15, -0.1) is 0 Å². The Labute approximate surface area is 141 Å². The monoisotopic (exact) mass is 359 g/mol. The quantitative estimate of drug-likeness (QED) is 0.685. The number of anilines is 1. The summed E-state index contributed by atoms with van der Waals surface area (Å²) in [6, 6.07) is 3.90. The summed E-state index contributed by atoms with van der Waals surface area (Å²) in [6.07, 6.45) is 1.08. The molecule has 24 heavy (non-hydrogen) atoms. The fraction of sp³-hybridized carbons (Fsp3) is 0.429. The van der Waals surface area contributed by atoms with Crippen molar-refractivity contribution in [3.05, 3.63) is 23.8 Å². The number of rotatable bonds is 7. The third-order valence-corrected chi connectivity index (χ3v) is 4.46. The molecule has 1 aromatic carbocycles. The third kappa shape index (κ3) is 5.70. The molecule has 9 nitrogen and oxygen atoms in total. The summed E-state index contributed by atoms with van der Waals surface area (Å²) in [6.45, 7) is 0.250. The Morgan fingerprint density at radius 1 is 1.25 bits per heavy atom. The molecule has 0 aliphatic carbocycles. The van der Waals surface area contributed by atoms with Gasteiger partial charge in [-0.05, 0) is 18.2 Å². The number of carbonyl (C=O) groups excluding carboxylic acids is 2. The number of urea groups is 1. The minimum Gasteiger partial charge on any atom is -0.495 e. The number of nitrogens with one attached hydrogen (secondary N) is 2. The molecule has 2 N–H and O–H groups in total. The van der Waals surface area contributed by atoms with Gasteiger partial charge >= 0.3 is 12.0 Å². The van der Waals surface area contributed by atoms with Crippen molar-refractivity contribution in [2.24, 2.45) is 0 Å². The molecule has 10 heteroatoms. The Hall–Kier alpha value is -2.33. The fourth-order valence-corrected chi connectivity index (χ4v) is 2.13. The fourth-order valence-electron chi connectivity index (χ4n) is 1.71. The average molecular weight is 359 g/mol. The lowest BCUT2D eigenvalue weighted by molar-refractivity contribution is 0.0600. The van der Waals surface area contributed by atoms with E-state index in [1.807, 2.05) is 0 Å². The molecule has 1 rings (SSSR count). The Morgan fingerprint density at radius 2 is 1.92 bits per heavy atom. The normalized spacial score (nSPS) is 11.0. The molecule has 0 aromatic heterocycles. The maximum Gasteiger partial charge on any atom is 0.337 e. The Bertz CT molecular complexity index is 704. The number of nitrogens with zero attached hydrogens (tertiary/aromatic N) is 1. The first-order chi connectivity index (χ1) is 11.2. The molecular formula is C14H21N3O6S. The lowest BCUT2D eigenvalue weighted by Gasteiger charge is -2.15. The van der Waals surface area contributed by atoms with Crippen LogP contribution in [0.2, 0.25) is 0 Å². The van der Waals surface area contributed by atoms with E-state index in [1.54, 1.807) is 0 Å². The summed E-state index contributed by atoms with van der Waals surface area (Å²) in [5, 5.41) is 5.06. The zero-order valence-corrected chi connectivity index (χ0v) is 14.8. The molecule has 0 unspecified atom stereocenters. The van der Waals surface area contributed by atoms with Crippen LogP contribution in [0.1, 0.15) is 10.4 Å². The average Bonchev–Trinajstić information content (AvgIpc) is 2.52. The van der Waals surface area contributed by atoms with E-state index in [0.717, 1.165) is 10.6 Å². The van der Waals surface area contributed by atoms with Crippen LogP contribution in [0.5, 0.6) is 5.75 Å². The smallest absolute Gasteiger partial charge is 0.337 e. The molecule has 0 spiro atoms. The van der Waals surface area contributed by atoms with Gasteiger partial charge in [0.05, 0.1) is 31.7 Å². The van der Waals surface area contributed by atoms with Crippen molar-refractivity contribution in [3.8, 4) is 5.75 Å². The van der Waals surface area contributed by atoms with E-state index in [4.69, 9.17) is 4.74 Å². The third-order valence-electron chi connectivity index (χ3n) is 3.15. The zero-order chi connectivity index (χ0) is 18.3. The molecule has 2 amide bonds. The predicted molar refractivity (Wildman–Crippen MR) is 88.8 cm³/mol. The maximum atomic E-state index is 11.9. The molecule has 1 aromatic rings. The van der Waals surface area contributed by atoms with Crippen LogP contribution in [0, 0.1) is 0 Å². The van der Waals surface area contributed by atoms with Crippen LogP contribution in [-0.4, -0.2) is 65.3 Å². The van der Waals surface area contributed by atoms with Crippen molar-refractivity contribution in [2.75, 3.05) is 45.9 Å². The van der Waals surface area contributed by atoms with Crippen LogP contribution >= 0.6 is 0 Å². The highest BCUT2D eigenvalue weighted by atomic mass is 32.2. The second kappa shape index (κ2) is 8.50. The van der Waals surface area contributed by atoms with Gasteiger partial charge in [-0.25, -0.2) is 22.3 Å². The second-order valence-electron chi connectivity index (χ2n) is 4.87. The van der Waals surface area contributed by atoms with Gasteiger partial charge < -0.3 is 20.1 Å². The van der Waals surface area contributed by atoms with Crippen molar-refractivity contribution in [3.63, 3.8) is 0 Å². The molecule has 0 fully saturated rings. The first-order valence-corrected chi connectivity index (χ1v) is 8.76. The van der Waals surface area contributed by atoms with Crippen LogP contribution in [-0.2, 0) is 14.8 Å². The molecule has 0 aliphatic heterocycles. The molecule has 0 radical (unpaired) electrons. The van der Waals surface area contributed by atoms with E-state index in [9.17, 15) is 18.0 Å². The summed E-state index contributed by atoms with van der Waals surface area (Å²) in [5.41, 5.74) is 0.541. The van der Waals surface area contributed by atoms with Gasteiger partial charge in [-0.3, -0.25) is 0 Å². The summed E-state index contributed by atoms with van der Waals surface area (Å²) in [5.74, 6) is -0.179. The number of methoxy groups -OCH3 is 2. The molecule has 0 bridgehead atoms. The molecule has 0 saturated carbocycles. The highest BCUT2D eigenvalue weighted by Gasteiger charge is 2.14. The van der Waals surface area contributed by atoms with E-state index in [1.165, 1.54) is 39.5 Å². The zero-order valence-electron chi connectivity index (χ0n) is 14.0. The summed E-state index contributed by atoms with van der Waals surface area (Å²) in [7, 11) is 0.799. The van der Waals surface area contributed by atoms with E-state index < -0.39 is 22.0 Å². The maximum absolute atomic E-state index is 11.9. The van der Waals surface area contributed by atoms with E-state index in [-0.39, 0.29) is 24.3 Å². The van der Waals surface area contributed by atoms with E-state index in [0.29, 0.717) is 5.75 Å². The summed E-state index contributed by atoms with van der Waals surface area (Å²) < 4.78 is 33.4. The minimum atomic E-state index is -3.30. The highest BCUT2D eigenvalue weighted by Crippen LogP contribution is 2.25. The number of esters is 1. The number of carbonyl (C=O) groups is 2. The molecule has 0 aliphatic rings. The van der Waals surface area contributed by atoms with Crippen molar-refractivity contribution in [2.45, 2.75) is 0 Å². The number of likely N-dealkylation sites (N-methyl/N-ethyl adjacent to an activating group) is 1. The van der Waals surface area contributed by atoms with E-state index in [2.05, 4.69) is 15.4 Å². The second-order valence-corrected chi connectivity index (χ2v) is 6.96. The SMILES string of the molecule is COC(=O)c1ccc(OC)c(NC(=O)NCCN(C)S(C)(=O)=O)c1. The summed E-state index contributed by atoms with van der Waals surface area (Å²) >= 11 is 0. The molecule has 0 atom stereocenters. The first-order valence-electron chi connectivity index (χ1n) is 6.91. The number of sulfonamides is 1. The van der Waals surface area contributed by atoms with Gasteiger partial charge in [0, 0.05) is 20.1 Å². The van der Waals surface area contributed by atoms with Crippen LogP contribution in [0.3, 0.4) is 0 Å². The van der Waals surface area contributed by atoms with Gasteiger partial charge in [0.1, 0.15) is 5.75 Å². The number of benzene rings is 1. The van der Waals surface area contributed by atoms with Crippen LogP contribution in [0.15, 0.2) is 18.2 Å². The van der Waals surface area contributed by atoms with Gasteiger partial charge in [-0.2, -0.15) is 0 Å².